The van der Waals surface area contributed by atoms with Crippen LogP contribution in [0.15, 0.2) is 42.5 Å². The van der Waals surface area contributed by atoms with Gasteiger partial charge in [0.2, 0.25) is 0 Å². The molecule has 0 aromatic heterocycles. The van der Waals surface area contributed by atoms with Gasteiger partial charge in [-0.1, -0.05) is 17.7 Å². The predicted octanol–water partition coefficient (Wildman–Crippen LogP) is 2.74. The first kappa shape index (κ1) is 19.0. The van der Waals surface area contributed by atoms with Crippen molar-refractivity contribution in [1.29, 1.82) is 0 Å². The number of hydrogen-bond acceptors (Lipinski definition) is 2. The van der Waals surface area contributed by atoms with Gasteiger partial charge in [0, 0.05) is 11.3 Å². The number of carbonyl (C=O) groups is 1. The van der Waals surface area contributed by atoms with Crippen molar-refractivity contribution in [2.24, 2.45) is 0 Å². The molecule has 2 N–H and O–H groups in total. The van der Waals surface area contributed by atoms with E-state index in [9.17, 15) is 4.79 Å². The molecule has 0 bridgehead atoms. The summed E-state index contributed by atoms with van der Waals surface area (Å²) in [5.41, 5.74) is 4.36. The fourth-order valence-corrected chi connectivity index (χ4v) is 2.76. The lowest BCUT2D eigenvalue weighted by molar-refractivity contribution is -0.907. The molecule has 4 heteroatoms. The van der Waals surface area contributed by atoms with Crippen LogP contribution in [-0.2, 0) is 11.3 Å². The Labute approximate surface area is 150 Å². The SMILES string of the molecule is CCOc1ccc(C[NH+](C)[C@H](C)C(=O)Nc2ccc(C)cc2C)cc1. The molecule has 0 saturated heterocycles. The maximum atomic E-state index is 12.6. The second-order valence-corrected chi connectivity index (χ2v) is 6.63. The van der Waals surface area contributed by atoms with Crippen molar-refractivity contribution >= 4 is 11.6 Å². The van der Waals surface area contributed by atoms with E-state index >= 15 is 0 Å². The Morgan fingerprint density at radius 3 is 2.44 bits per heavy atom. The Morgan fingerprint density at radius 1 is 1.16 bits per heavy atom. The molecule has 0 heterocycles. The van der Waals surface area contributed by atoms with E-state index in [1.54, 1.807) is 0 Å². The summed E-state index contributed by atoms with van der Waals surface area (Å²) in [5.74, 6) is 0.917. The topological polar surface area (TPSA) is 42.8 Å². The van der Waals surface area contributed by atoms with Crippen molar-refractivity contribution in [3.05, 3.63) is 59.2 Å². The lowest BCUT2D eigenvalue weighted by Crippen LogP contribution is -3.12. The van der Waals surface area contributed by atoms with Gasteiger partial charge in [0.25, 0.3) is 5.91 Å². The lowest BCUT2D eigenvalue weighted by Gasteiger charge is -2.21. The maximum Gasteiger partial charge on any atom is 0.282 e. The van der Waals surface area contributed by atoms with Crippen LogP contribution in [0.2, 0.25) is 0 Å². The van der Waals surface area contributed by atoms with Crippen molar-refractivity contribution in [3.8, 4) is 5.75 Å². The lowest BCUT2D eigenvalue weighted by atomic mass is 10.1. The second-order valence-electron chi connectivity index (χ2n) is 6.63. The third kappa shape index (κ3) is 5.33. The third-order valence-corrected chi connectivity index (χ3v) is 4.49. The van der Waals surface area contributed by atoms with Gasteiger partial charge in [-0.15, -0.1) is 0 Å². The summed E-state index contributed by atoms with van der Waals surface area (Å²) in [4.78, 5) is 13.7. The highest BCUT2D eigenvalue weighted by atomic mass is 16.5. The standard InChI is InChI=1S/C21H28N2O2/c1-6-25-19-10-8-18(9-11-19)14-23(5)17(4)21(24)22-20-12-7-15(2)13-16(20)3/h7-13,17H,6,14H2,1-5H3,(H,22,24)/p+1/t17-/m1/s1. The number of nitrogens with one attached hydrogen (secondary N) is 2. The molecule has 2 rings (SSSR count). The highest BCUT2D eigenvalue weighted by Crippen LogP contribution is 2.16. The van der Waals surface area contributed by atoms with Gasteiger partial charge in [-0.2, -0.15) is 0 Å². The zero-order valence-electron chi connectivity index (χ0n) is 15.8. The molecule has 1 unspecified atom stereocenters. The molecule has 0 radical (unpaired) electrons. The molecule has 25 heavy (non-hydrogen) atoms. The number of ether oxygens (including phenoxy) is 1. The van der Waals surface area contributed by atoms with Crippen LogP contribution in [0.1, 0.15) is 30.5 Å². The monoisotopic (exact) mass is 341 g/mol. The van der Waals surface area contributed by atoms with Gasteiger partial charge in [-0.05, 0) is 63.6 Å². The predicted molar refractivity (Wildman–Crippen MR) is 102 cm³/mol. The van der Waals surface area contributed by atoms with Crippen LogP contribution in [0.25, 0.3) is 0 Å². The van der Waals surface area contributed by atoms with E-state index in [0.29, 0.717) is 6.61 Å². The van der Waals surface area contributed by atoms with Gasteiger partial charge in [0.15, 0.2) is 6.04 Å². The first-order chi connectivity index (χ1) is 11.9. The highest BCUT2D eigenvalue weighted by Gasteiger charge is 2.22. The van der Waals surface area contributed by atoms with Crippen LogP contribution in [0.5, 0.6) is 5.75 Å². The van der Waals surface area contributed by atoms with Gasteiger partial charge in [0.05, 0.1) is 13.7 Å². The molecule has 0 saturated carbocycles. The first-order valence-electron chi connectivity index (χ1n) is 8.83. The molecule has 2 aromatic carbocycles. The number of rotatable bonds is 7. The third-order valence-electron chi connectivity index (χ3n) is 4.49. The molecule has 0 fully saturated rings. The molecule has 0 aliphatic carbocycles. The summed E-state index contributed by atoms with van der Waals surface area (Å²) in [6.45, 7) is 9.46. The summed E-state index contributed by atoms with van der Waals surface area (Å²) < 4.78 is 5.47. The smallest absolute Gasteiger partial charge is 0.282 e. The molecule has 134 valence electrons. The maximum absolute atomic E-state index is 12.6. The van der Waals surface area contributed by atoms with Gasteiger partial charge < -0.3 is 15.0 Å². The summed E-state index contributed by atoms with van der Waals surface area (Å²) >= 11 is 0. The summed E-state index contributed by atoms with van der Waals surface area (Å²) in [6.07, 6.45) is 0. The number of likely N-dealkylation sites (N-methyl/N-ethyl adjacent to an activating group) is 1. The van der Waals surface area contributed by atoms with Crippen molar-refractivity contribution in [2.75, 3.05) is 19.0 Å². The van der Waals surface area contributed by atoms with E-state index in [0.717, 1.165) is 28.4 Å². The van der Waals surface area contributed by atoms with E-state index in [-0.39, 0.29) is 11.9 Å². The summed E-state index contributed by atoms with van der Waals surface area (Å²) in [6, 6.07) is 14.0. The van der Waals surface area contributed by atoms with E-state index < -0.39 is 0 Å². The van der Waals surface area contributed by atoms with Crippen LogP contribution < -0.4 is 15.0 Å². The molecule has 2 atom stereocenters. The minimum atomic E-state index is -0.146. The van der Waals surface area contributed by atoms with Crippen molar-refractivity contribution in [3.63, 3.8) is 0 Å². The average Bonchev–Trinajstić information content (AvgIpc) is 2.58. The van der Waals surface area contributed by atoms with Crippen molar-refractivity contribution in [2.45, 2.75) is 40.3 Å². The van der Waals surface area contributed by atoms with Gasteiger partial charge in [-0.3, -0.25) is 4.79 Å². The van der Waals surface area contributed by atoms with Crippen LogP contribution in [0.3, 0.4) is 0 Å². The second kappa shape index (κ2) is 8.67. The number of aryl methyl sites for hydroxylation is 2. The first-order valence-corrected chi connectivity index (χ1v) is 8.83. The molecule has 4 nitrogen and oxygen atoms in total. The molecule has 0 aliphatic heterocycles. The minimum absolute atomic E-state index is 0.0374. The highest BCUT2D eigenvalue weighted by molar-refractivity contribution is 5.94. The average molecular weight is 341 g/mol. The number of benzene rings is 2. The van der Waals surface area contributed by atoms with E-state index in [1.807, 2.05) is 52.1 Å². The Hall–Kier alpha value is -2.33. The quantitative estimate of drug-likeness (QED) is 0.813. The molecule has 0 aliphatic rings. The van der Waals surface area contributed by atoms with E-state index in [4.69, 9.17) is 4.74 Å². The zero-order chi connectivity index (χ0) is 18.4. The summed E-state index contributed by atoms with van der Waals surface area (Å²) in [5, 5.41) is 3.05. The Kier molecular flexibility index (Phi) is 6.59. The molecular weight excluding hydrogens is 312 g/mol. The summed E-state index contributed by atoms with van der Waals surface area (Å²) in [7, 11) is 2.04. The van der Waals surface area contributed by atoms with Crippen molar-refractivity contribution in [1.82, 2.24) is 0 Å². The van der Waals surface area contributed by atoms with Crippen LogP contribution in [-0.4, -0.2) is 25.6 Å². The molecule has 0 spiro atoms. The Balaban J connectivity index is 1.96. The van der Waals surface area contributed by atoms with Crippen molar-refractivity contribution < 1.29 is 14.4 Å². The zero-order valence-corrected chi connectivity index (χ0v) is 15.8. The molecular formula is C21H29N2O2+. The molecule has 1 amide bonds. The largest absolute Gasteiger partial charge is 0.494 e. The van der Waals surface area contributed by atoms with Crippen LogP contribution in [0, 0.1) is 13.8 Å². The normalized spacial score (nSPS) is 13.2. The van der Waals surface area contributed by atoms with Gasteiger partial charge in [0.1, 0.15) is 12.3 Å². The number of quaternary nitrogens is 1. The minimum Gasteiger partial charge on any atom is -0.494 e. The Morgan fingerprint density at radius 2 is 1.84 bits per heavy atom. The Bertz CT molecular complexity index is 710. The van der Waals surface area contributed by atoms with Gasteiger partial charge in [-0.25, -0.2) is 0 Å². The number of hydrogen-bond donors (Lipinski definition) is 2. The fourth-order valence-electron chi connectivity index (χ4n) is 2.76. The van der Waals surface area contributed by atoms with Gasteiger partial charge >= 0.3 is 0 Å². The fraction of sp³-hybridized carbons (Fsp3) is 0.381. The van der Waals surface area contributed by atoms with E-state index in [2.05, 4.69) is 30.4 Å². The number of amides is 1. The van der Waals surface area contributed by atoms with E-state index in [1.165, 1.54) is 11.1 Å². The van der Waals surface area contributed by atoms with Crippen LogP contribution >= 0.6 is 0 Å². The number of anilines is 1. The molecule has 2 aromatic rings. The van der Waals surface area contributed by atoms with Crippen LogP contribution in [0.4, 0.5) is 5.69 Å². The number of carbonyl (C=O) groups excluding carboxylic acids is 1.